The van der Waals surface area contributed by atoms with Crippen LogP contribution in [0.2, 0.25) is 0 Å². The lowest BCUT2D eigenvalue weighted by Crippen LogP contribution is -2.26. The largest absolute Gasteiger partial charge is 0.291 e. The molecule has 0 N–H and O–H groups in total. The number of amides is 1. The van der Waals surface area contributed by atoms with E-state index in [9.17, 15) is 4.79 Å². The van der Waals surface area contributed by atoms with Crippen molar-refractivity contribution >= 4 is 39.9 Å². The first-order chi connectivity index (χ1) is 7.59. The molecule has 0 radical (unpaired) electrons. The van der Waals surface area contributed by atoms with E-state index in [1.807, 2.05) is 12.1 Å². The maximum absolute atomic E-state index is 11.6. The Hall–Kier alpha value is -0.870. The van der Waals surface area contributed by atoms with Crippen LogP contribution in [0.5, 0.6) is 0 Å². The van der Waals surface area contributed by atoms with E-state index in [0.717, 1.165) is 5.69 Å². The summed E-state index contributed by atoms with van der Waals surface area (Å²) in [5.41, 5.74) is 2.15. The van der Waals surface area contributed by atoms with Crippen molar-refractivity contribution in [3.8, 4) is 0 Å². The van der Waals surface area contributed by atoms with E-state index in [4.69, 9.17) is 12.2 Å². The van der Waals surface area contributed by atoms with Crippen LogP contribution in [0.15, 0.2) is 24.3 Å². The van der Waals surface area contributed by atoms with Gasteiger partial charge in [-0.3, -0.25) is 9.69 Å². The fourth-order valence-corrected chi connectivity index (χ4v) is 2.76. The standard InChI is InChI=1S/C12H13NOS2/c1-8(2)9-3-5-10(6-4-9)13-11(15)7-16-12(13)14/h3-6,8H,7H2,1-2H3. The molecule has 1 aromatic rings. The maximum Gasteiger partial charge on any atom is 0.291 e. The van der Waals surface area contributed by atoms with Gasteiger partial charge < -0.3 is 0 Å². The van der Waals surface area contributed by atoms with Crippen molar-refractivity contribution in [3.63, 3.8) is 0 Å². The van der Waals surface area contributed by atoms with Gasteiger partial charge in [0.1, 0.15) is 4.99 Å². The zero-order valence-electron chi connectivity index (χ0n) is 9.27. The molecule has 1 saturated heterocycles. The van der Waals surface area contributed by atoms with Gasteiger partial charge in [-0.1, -0.05) is 50.0 Å². The molecular formula is C12H13NOS2. The summed E-state index contributed by atoms with van der Waals surface area (Å²) < 4.78 is 0. The Morgan fingerprint density at radius 2 is 1.94 bits per heavy atom. The first kappa shape index (κ1) is 11.6. The topological polar surface area (TPSA) is 20.3 Å². The van der Waals surface area contributed by atoms with Gasteiger partial charge in [0.2, 0.25) is 0 Å². The fourth-order valence-electron chi connectivity index (χ4n) is 1.61. The van der Waals surface area contributed by atoms with E-state index in [-0.39, 0.29) is 5.24 Å². The Morgan fingerprint density at radius 1 is 1.31 bits per heavy atom. The van der Waals surface area contributed by atoms with Crippen molar-refractivity contribution < 1.29 is 4.79 Å². The monoisotopic (exact) mass is 251 g/mol. The third kappa shape index (κ3) is 2.13. The summed E-state index contributed by atoms with van der Waals surface area (Å²) in [6, 6.07) is 8.04. The first-order valence-electron chi connectivity index (χ1n) is 5.19. The second-order valence-electron chi connectivity index (χ2n) is 4.03. The van der Waals surface area contributed by atoms with Crippen LogP contribution < -0.4 is 4.90 Å². The van der Waals surface area contributed by atoms with Gasteiger partial charge in [-0.05, 0) is 23.6 Å². The Kier molecular flexibility index (Phi) is 3.30. The Balaban J connectivity index is 2.28. The molecule has 0 spiro atoms. The predicted octanol–water partition coefficient (Wildman–Crippen LogP) is 3.81. The fraction of sp³-hybridized carbons (Fsp3) is 0.333. The second kappa shape index (κ2) is 4.55. The van der Waals surface area contributed by atoms with E-state index in [1.54, 1.807) is 4.90 Å². The molecule has 84 valence electrons. The van der Waals surface area contributed by atoms with Crippen LogP contribution >= 0.6 is 24.0 Å². The molecule has 2 nitrogen and oxygen atoms in total. The number of carbonyl (C=O) groups excluding carboxylic acids is 1. The van der Waals surface area contributed by atoms with Gasteiger partial charge in [-0.15, -0.1) is 0 Å². The van der Waals surface area contributed by atoms with Crippen molar-refractivity contribution in [2.45, 2.75) is 19.8 Å². The summed E-state index contributed by atoms with van der Waals surface area (Å²) in [7, 11) is 0. The van der Waals surface area contributed by atoms with Crippen molar-refractivity contribution in [3.05, 3.63) is 29.8 Å². The number of anilines is 1. The van der Waals surface area contributed by atoms with Crippen molar-refractivity contribution in [2.24, 2.45) is 0 Å². The summed E-state index contributed by atoms with van der Waals surface area (Å²) in [6.45, 7) is 4.30. The van der Waals surface area contributed by atoms with E-state index in [1.165, 1.54) is 17.3 Å². The lowest BCUT2D eigenvalue weighted by atomic mass is 10.0. The number of rotatable bonds is 2. The average Bonchev–Trinajstić information content (AvgIpc) is 2.59. The molecule has 1 fully saturated rings. The SMILES string of the molecule is CC(C)c1ccc(N2C(=O)SCC2=S)cc1. The molecule has 16 heavy (non-hydrogen) atoms. The lowest BCUT2D eigenvalue weighted by Gasteiger charge is -2.15. The van der Waals surface area contributed by atoms with Crippen LogP contribution in [0, 0.1) is 0 Å². The highest BCUT2D eigenvalue weighted by Crippen LogP contribution is 2.28. The predicted molar refractivity (Wildman–Crippen MR) is 73.5 cm³/mol. The highest BCUT2D eigenvalue weighted by Gasteiger charge is 2.27. The summed E-state index contributed by atoms with van der Waals surface area (Å²) in [4.78, 5) is 13.9. The van der Waals surface area contributed by atoms with E-state index in [0.29, 0.717) is 16.7 Å². The van der Waals surface area contributed by atoms with E-state index >= 15 is 0 Å². The number of carbonyl (C=O) groups is 1. The smallest absolute Gasteiger partial charge is 0.265 e. The van der Waals surface area contributed by atoms with Gasteiger partial charge in [0.25, 0.3) is 5.24 Å². The molecule has 1 heterocycles. The molecule has 0 saturated carbocycles. The summed E-state index contributed by atoms with van der Waals surface area (Å²) >= 11 is 6.43. The zero-order valence-corrected chi connectivity index (χ0v) is 10.9. The van der Waals surface area contributed by atoms with Crippen molar-refractivity contribution in [2.75, 3.05) is 10.7 Å². The molecule has 4 heteroatoms. The highest BCUT2D eigenvalue weighted by atomic mass is 32.2. The molecule has 1 amide bonds. The van der Waals surface area contributed by atoms with E-state index < -0.39 is 0 Å². The minimum atomic E-state index is 0.0299. The Morgan fingerprint density at radius 3 is 2.38 bits per heavy atom. The number of hydrogen-bond acceptors (Lipinski definition) is 3. The van der Waals surface area contributed by atoms with Crippen LogP contribution in [-0.4, -0.2) is 16.0 Å². The van der Waals surface area contributed by atoms with Crippen LogP contribution in [0.3, 0.4) is 0 Å². The third-order valence-electron chi connectivity index (χ3n) is 2.57. The number of nitrogens with zero attached hydrogens (tertiary/aromatic N) is 1. The maximum atomic E-state index is 11.6. The van der Waals surface area contributed by atoms with Gasteiger partial charge in [0.05, 0.1) is 11.4 Å². The minimum absolute atomic E-state index is 0.0299. The number of thioether (sulfide) groups is 1. The first-order valence-corrected chi connectivity index (χ1v) is 6.58. The summed E-state index contributed by atoms with van der Waals surface area (Å²) in [5.74, 6) is 1.13. The lowest BCUT2D eigenvalue weighted by molar-refractivity contribution is 0.268. The Bertz CT molecular complexity index is 409. The highest BCUT2D eigenvalue weighted by molar-refractivity contribution is 8.16. The van der Waals surface area contributed by atoms with Crippen molar-refractivity contribution in [1.29, 1.82) is 0 Å². The Labute approximate surface area is 105 Å². The molecule has 1 aliphatic heterocycles. The quantitative estimate of drug-likeness (QED) is 0.745. The molecule has 0 bridgehead atoms. The van der Waals surface area contributed by atoms with Gasteiger partial charge in [0.15, 0.2) is 0 Å². The van der Waals surface area contributed by atoms with Gasteiger partial charge in [-0.25, -0.2) is 0 Å². The van der Waals surface area contributed by atoms with Crippen LogP contribution in [0.25, 0.3) is 0 Å². The van der Waals surface area contributed by atoms with Crippen LogP contribution in [0.4, 0.5) is 10.5 Å². The van der Waals surface area contributed by atoms with E-state index in [2.05, 4.69) is 26.0 Å². The average molecular weight is 251 g/mol. The van der Waals surface area contributed by atoms with Crippen molar-refractivity contribution in [1.82, 2.24) is 0 Å². The van der Waals surface area contributed by atoms with Gasteiger partial charge in [-0.2, -0.15) is 0 Å². The number of benzene rings is 1. The second-order valence-corrected chi connectivity index (χ2v) is 5.43. The molecule has 0 atom stereocenters. The number of thiocarbonyl (C=S) groups is 1. The molecule has 0 aromatic heterocycles. The molecule has 2 rings (SSSR count). The molecule has 1 aliphatic rings. The van der Waals surface area contributed by atoms with Crippen LogP contribution in [0.1, 0.15) is 25.3 Å². The number of hydrogen-bond donors (Lipinski definition) is 0. The minimum Gasteiger partial charge on any atom is -0.265 e. The summed E-state index contributed by atoms with van der Waals surface area (Å²) in [6.07, 6.45) is 0. The molecule has 0 aliphatic carbocycles. The van der Waals surface area contributed by atoms with Gasteiger partial charge in [0, 0.05) is 0 Å². The summed E-state index contributed by atoms with van der Waals surface area (Å²) in [5, 5.41) is 0.0299. The van der Waals surface area contributed by atoms with Crippen LogP contribution in [-0.2, 0) is 0 Å². The third-order valence-corrected chi connectivity index (χ3v) is 3.93. The normalized spacial score (nSPS) is 16.3. The zero-order chi connectivity index (χ0) is 11.7. The molecule has 0 unspecified atom stereocenters. The molecule has 1 aromatic carbocycles. The molecular weight excluding hydrogens is 238 g/mol. The van der Waals surface area contributed by atoms with Gasteiger partial charge >= 0.3 is 0 Å².